The summed E-state index contributed by atoms with van der Waals surface area (Å²) in [6.45, 7) is 9.73. The second-order valence-electron chi connectivity index (χ2n) is 10.5. The molecule has 0 N–H and O–H groups in total. The number of benzene rings is 1. The van der Waals surface area contributed by atoms with Crippen LogP contribution in [0.2, 0.25) is 0 Å². The number of carbonyl (C=O) groups excluding carboxylic acids is 2. The number of esters is 1. The first kappa shape index (κ1) is 30.5. The van der Waals surface area contributed by atoms with Crippen LogP contribution in [0.4, 0.5) is 5.82 Å². The van der Waals surface area contributed by atoms with Crippen molar-refractivity contribution in [2.75, 3.05) is 24.6 Å². The number of carbonyl (C=O) groups is 2. The first-order valence-corrected chi connectivity index (χ1v) is 15.3. The normalized spacial score (nSPS) is 18.2. The highest BCUT2D eigenvalue weighted by atomic mass is 32.2. The standard InChI is InChI=1S/C31H36N4O4S2/c1-5-7-15-34-27(33-14-8-9-23(19-33)30(38)39-6-2)24(21(4)25(17-32)28(34)36)16-26-29(37)35(31(40)41-26)18-22-12-10-20(3)11-13-22/h10-13,16,23H,5-9,14-15,18-19H2,1-4H3/b26-16+. The average molecular weight is 593 g/mol. The maximum absolute atomic E-state index is 13.6. The van der Waals surface area contributed by atoms with Gasteiger partial charge >= 0.3 is 5.97 Å². The van der Waals surface area contributed by atoms with Gasteiger partial charge < -0.3 is 9.64 Å². The minimum Gasteiger partial charge on any atom is -0.466 e. The van der Waals surface area contributed by atoms with Gasteiger partial charge in [0.15, 0.2) is 0 Å². The van der Waals surface area contributed by atoms with Crippen LogP contribution in [0.15, 0.2) is 34.0 Å². The molecule has 1 atom stereocenters. The number of thioether (sulfide) groups is 1. The fourth-order valence-electron chi connectivity index (χ4n) is 5.27. The van der Waals surface area contributed by atoms with Crippen LogP contribution in [0.5, 0.6) is 0 Å². The number of aryl methyl sites for hydroxylation is 1. The lowest BCUT2D eigenvalue weighted by atomic mass is 9.96. The Kier molecular flexibility index (Phi) is 10.1. The van der Waals surface area contributed by atoms with Gasteiger partial charge in [0, 0.05) is 25.2 Å². The van der Waals surface area contributed by atoms with E-state index in [1.54, 1.807) is 29.4 Å². The number of piperidine rings is 1. The number of nitrogens with zero attached hydrogens (tertiary/aromatic N) is 4. The molecule has 8 nitrogen and oxygen atoms in total. The van der Waals surface area contributed by atoms with Gasteiger partial charge in [-0.1, -0.05) is 67.2 Å². The fourth-order valence-corrected chi connectivity index (χ4v) is 6.51. The van der Waals surface area contributed by atoms with E-state index in [0.29, 0.717) is 65.4 Å². The molecule has 0 bridgehead atoms. The van der Waals surface area contributed by atoms with Crippen molar-refractivity contribution in [2.45, 2.75) is 66.5 Å². The minimum absolute atomic E-state index is 0.0604. The number of ether oxygens (including phenoxy) is 1. The minimum atomic E-state index is -0.351. The Labute approximate surface area is 251 Å². The molecule has 0 saturated carbocycles. The molecule has 2 fully saturated rings. The molecule has 4 rings (SSSR count). The number of unbranched alkanes of at least 4 members (excludes halogenated alkanes) is 1. The number of hydrogen-bond donors (Lipinski definition) is 0. The molecule has 0 aliphatic carbocycles. The smallest absolute Gasteiger partial charge is 0.310 e. The quantitative estimate of drug-likeness (QED) is 0.219. The summed E-state index contributed by atoms with van der Waals surface area (Å²) >= 11 is 6.83. The molecule has 2 aliphatic heterocycles. The Hall–Kier alpha value is -3.42. The van der Waals surface area contributed by atoms with Gasteiger partial charge in [0.1, 0.15) is 21.8 Å². The number of hydrogen-bond acceptors (Lipinski definition) is 8. The molecule has 10 heteroatoms. The fraction of sp³-hybridized carbons (Fsp3) is 0.452. The monoisotopic (exact) mass is 592 g/mol. The van der Waals surface area contributed by atoms with Gasteiger partial charge in [-0.3, -0.25) is 23.9 Å². The zero-order chi connectivity index (χ0) is 29.7. The zero-order valence-electron chi connectivity index (χ0n) is 24.1. The van der Waals surface area contributed by atoms with Crippen LogP contribution < -0.4 is 10.5 Å². The molecule has 1 aromatic heterocycles. The van der Waals surface area contributed by atoms with Crippen LogP contribution in [0.3, 0.4) is 0 Å². The Morgan fingerprint density at radius 3 is 2.61 bits per heavy atom. The first-order chi connectivity index (χ1) is 19.7. The third kappa shape index (κ3) is 6.57. The highest BCUT2D eigenvalue weighted by molar-refractivity contribution is 8.26. The van der Waals surface area contributed by atoms with E-state index in [4.69, 9.17) is 17.0 Å². The molecule has 0 spiro atoms. The molecule has 2 aromatic rings. The topological polar surface area (TPSA) is 95.6 Å². The van der Waals surface area contributed by atoms with Crippen molar-refractivity contribution in [1.29, 1.82) is 5.26 Å². The Morgan fingerprint density at radius 1 is 1.22 bits per heavy atom. The predicted octanol–water partition coefficient (Wildman–Crippen LogP) is 5.32. The summed E-state index contributed by atoms with van der Waals surface area (Å²) in [5.74, 6) is -0.143. The van der Waals surface area contributed by atoms with Crippen LogP contribution in [0, 0.1) is 31.1 Å². The van der Waals surface area contributed by atoms with E-state index in [0.717, 1.165) is 30.4 Å². The van der Waals surface area contributed by atoms with Gasteiger partial charge in [0.2, 0.25) is 0 Å². The summed E-state index contributed by atoms with van der Waals surface area (Å²) in [5.41, 5.74) is 2.97. The predicted molar refractivity (Wildman–Crippen MR) is 167 cm³/mol. The van der Waals surface area contributed by atoms with E-state index in [1.807, 2.05) is 38.1 Å². The molecule has 1 aromatic carbocycles. The molecule has 216 valence electrons. The molecule has 1 amide bonds. The van der Waals surface area contributed by atoms with Gasteiger partial charge in [-0.05, 0) is 57.2 Å². The van der Waals surface area contributed by atoms with Gasteiger partial charge in [-0.15, -0.1) is 0 Å². The highest BCUT2D eigenvalue weighted by Crippen LogP contribution is 2.37. The first-order valence-electron chi connectivity index (χ1n) is 14.1. The number of amides is 1. The number of thiocarbonyl (C=S) groups is 1. The van der Waals surface area contributed by atoms with Crippen LogP contribution in [0.25, 0.3) is 6.08 Å². The van der Waals surface area contributed by atoms with E-state index < -0.39 is 0 Å². The van der Waals surface area contributed by atoms with Crippen LogP contribution in [-0.4, -0.2) is 45.4 Å². The summed E-state index contributed by atoms with van der Waals surface area (Å²) in [5, 5.41) is 9.97. The van der Waals surface area contributed by atoms with Crippen molar-refractivity contribution in [2.24, 2.45) is 5.92 Å². The third-order valence-corrected chi connectivity index (χ3v) is 8.91. The summed E-state index contributed by atoms with van der Waals surface area (Å²) in [6.07, 6.45) is 4.84. The van der Waals surface area contributed by atoms with Crippen molar-refractivity contribution in [3.8, 4) is 6.07 Å². The van der Waals surface area contributed by atoms with Crippen molar-refractivity contribution in [3.05, 3.63) is 67.3 Å². The molecule has 41 heavy (non-hydrogen) atoms. The number of aromatic nitrogens is 1. The largest absolute Gasteiger partial charge is 0.466 e. The second kappa shape index (κ2) is 13.5. The highest BCUT2D eigenvalue weighted by Gasteiger charge is 2.35. The van der Waals surface area contributed by atoms with Crippen molar-refractivity contribution in [1.82, 2.24) is 9.47 Å². The molecule has 2 aliphatic rings. The number of anilines is 1. The molecule has 3 heterocycles. The molecule has 1 unspecified atom stereocenters. The lowest BCUT2D eigenvalue weighted by molar-refractivity contribution is -0.148. The SMILES string of the molecule is CCCCn1c(N2CCCC(C(=O)OCC)C2)c(/C=C2/SC(=S)N(Cc3ccc(C)cc3)C2=O)c(C)c(C#N)c1=O. The Balaban J connectivity index is 1.81. The molecular weight excluding hydrogens is 556 g/mol. The zero-order valence-corrected chi connectivity index (χ0v) is 25.7. The Morgan fingerprint density at radius 2 is 1.95 bits per heavy atom. The summed E-state index contributed by atoms with van der Waals surface area (Å²) in [4.78, 5) is 44.0. The maximum Gasteiger partial charge on any atom is 0.310 e. The van der Waals surface area contributed by atoms with Crippen molar-refractivity contribution < 1.29 is 14.3 Å². The van der Waals surface area contributed by atoms with E-state index >= 15 is 0 Å². The van der Waals surface area contributed by atoms with Gasteiger partial charge in [-0.25, -0.2) is 0 Å². The number of nitriles is 1. The molecular formula is C31H36N4O4S2. The van der Waals surface area contributed by atoms with E-state index in [1.165, 1.54) is 11.8 Å². The van der Waals surface area contributed by atoms with Crippen molar-refractivity contribution in [3.63, 3.8) is 0 Å². The van der Waals surface area contributed by atoms with Gasteiger partial charge in [0.05, 0.1) is 24.0 Å². The number of rotatable bonds is 9. The Bertz CT molecular complexity index is 1470. The third-order valence-electron chi connectivity index (χ3n) is 7.53. The second-order valence-corrected chi connectivity index (χ2v) is 12.1. The van der Waals surface area contributed by atoms with E-state index in [2.05, 4.69) is 11.0 Å². The van der Waals surface area contributed by atoms with Gasteiger partial charge in [0.25, 0.3) is 11.5 Å². The lowest BCUT2D eigenvalue weighted by Crippen LogP contribution is -2.43. The molecule has 2 saturated heterocycles. The average Bonchev–Trinajstić information content (AvgIpc) is 3.22. The summed E-state index contributed by atoms with van der Waals surface area (Å²) in [7, 11) is 0. The van der Waals surface area contributed by atoms with Crippen LogP contribution in [-0.2, 0) is 27.4 Å². The summed E-state index contributed by atoms with van der Waals surface area (Å²) < 4.78 is 7.43. The van der Waals surface area contributed by atoms with E-state index in [-0.39, 0.29) is 28.9 Å². The van der Waals surface area contributed by atoms with E-state index in [9.17, 15) is 19.6 Å². The summed E-state index contributed by atoms with van der Waals surface area (Å²) in [6, 6.07) is 10.1. The maximum atomic E-state index is 13.6. The van der Waals surface area contributed by atoms with Crippen LogP contribution in [0.1, 0.15) is 67.3 Å². The van der Waals surface area contributed by atoms with Crippen molar-refractivity contribution >= 4 is 52.1 Å². The number of pyridine rings is 1. The van der Waals surface area contributed by atoms with Crippen LogP contribution >= 0.6 is 24.0 Å². The lowest BCUT2D eigenvalue weighted by Gasteiger charge is -2.36. The molecule has 0 radical (unpaired) electrons. The van der Waals surface area contributed by atoms with Gasteiger partial charge in [-0.2, -0.15) is 5.26 Å².